The fraction of sp³-hybridized carbons (Fsp3) is 0.300. The highest BCUT2D eigenvalue weighted by Gasteiger charge is 2.03. The molecule has 0 radical (unpaired) electrons. The third kappa shape index (κ3) is 4.29. The van der Waals surface area contributed by atoms with Crippen LogP contribution in [0.25, 0.3) is 0 Å². The van der Waals surface area contributed by atoms with Gasteiger partial charge in [-0.2, -0.15) is 0 Å². The molecule has 1 aromatic carbocycles. The molecule has 0 aliphatic heterocycles. The summed E-state index contributed by atoms with van der Waals surface area (Å²) in [5.74, 6) is -0.304. The summed E-state index contributed by atoms with van der Waals surface area (Å²) in [6, 6.07) is 4.14. The molecule has 1 rings (SSSR count). The van der Waals surface area contributed by atoms with Crippen LogP contribution in [0.5, 0.6) is 5.75 Å². The van der Waals surface area contributed by atoms with E-state index in [-0.39, 0.29) is 12.5 Å². The number of hydrogen-bond acceptors (Lipinski definition) is 2. The summed E-state index contributed by atoms with van der Waals surface area (Å²) in [6.07, 6.45) is 0. The minimum Gasteiger partial charge on any atom is -0.484 e. The molecule has 82 valence electrons. The maximum atomic E-state index is 12.9. The average Bonchev–Trinajstić information content (AvgIpc) is 2.14. The number of benzene rings is 1. The highest BCUT2D eigenvalue weighted by Crippen LogP contribution is 2.20. The molecule has 1 aromatic rings. The van der Waals surface area contributed by atoms with Gasteiger partial charge in [-0.3, -0.25) is 4.79 Å². The van der Waals surface area contributed by atoms with E-state index < -0.39 is 5.82 Å². The molecule has 0 spiro atoms. The van der Waals surface area contributed by atoms with Gasteiger partial charge in [-0.15, -0.1) is 0 Å². The van der Waals surface area contributed by atoms with Gasteiger partial charge in [0.15, 0.2) is 6.61 Å². The smallest absolute Gasteiger partial charge is 0.257 e. The van der Waals surface area contributed by atoms with Crippen LogP contribution in [-0.4, -0.2) is 19.1 Å². The van der Waals surface area contributed by atoms with Crippen LogP contribution in [0.15, 0.2) is 22.7 Å². The van der Waals surface area contributed by atoms with Crippen molar-refractivity contribution < 1.29 is 13.9 Å². The van der Waals surface area contributed by atoms with Crippen LogP contribution in [0.4, 0.5) is 4.39 Å². The Balaban J connectivity index is 2.54. The van der Waals surface area contributed by atoms with Gasteiger partial charge in [0, 0.05) is 17.1 Å². The monoisotopic (exact) mass is 275 g/mol. The van der Waals surface area contributed by atoms with Crippen LogP contribution in [-0.2, 0) is 4.79 Å². The lowest BCUT2D eigenvalue weighted by Crippen LogP contribution is -2.28. The zero-order valence-corrected chi connectivity index (χ0v) is 9.80. The Morgan fingerprint density at radius 3 is 2.87 bits per heavy atom. The molecule has 0 fully saturated rings. The standard InChI is InChI=1S/C10H11BrFNO2/c1-2-13-10(14)6-15-9-4-7(11)3-8(12)5-9/h3-5H,2,6H2,1H3,(H,13,14). The highest BCUT2D eigenvalue weighted by atomic mass is 79.9. The minimum absolute atomic E-state index is 0.107. The van der Waals surface area contributed by atoms with Gasteiger partial charge in [0.1, 0.15) is 11.6 Å². The van der Waals surface area contributed by atoms with Crippen molar-refractivity contribution in [2.45, 2.75) is 6.92 Å². The van der Waals surface area contributed by atoms with Crippen molar-refractivity contribution in [3.05, 3.63) is 28.5 Å². The van der Waals surface area contributed by atoms with E-state index in [1.54, 1.807) is 6.07 Å². The molecule has 0 saturated carbocycles. The first-order chi connectivity index (χ1) is 7.11. The number of likely N-dealkylation sites (N-methyl/N-ethyl adjacent to an activating group) is 1. The Kier molecular flexibility index (Phi) is 4.55. The molecule has 0 aliphatic carbocycles. The molecule has 0 aromatic heterocycles. The quantitative estimate of drug-likeness (QED) is 0.914. The van der Waals surface area contributed by atoms with Crippen LogP contribution in [0.2, 0.25) is 0 Å². The van der Waals surface area contributed by atoms with Gasteiger partial charge in [-0.05, 0) is 19.1 Å². The van der Waals surface area contributed by atoms with Crippen LogP contribution in [0.3, 0.4) is 0 Å². The normalized spacial score (nSPS) is 9.80. The van der Waals surface area contributed by atoms with E-state index in [0.29, 0.717) is 16.8 Å². The average molecular weight is 276 g/mol. The summed E-state index contributed by atoms with van der Waals surface area (Å²) in [5.41, 5.74) is 0. The lowest BCUT2D eigenvalue weighted by Gasteiger charge is -2.06. The van der Waals surface area contributed by atoms with Gasteiger partial charge in [0.05, 0.1) is 0 Å². The predicted octanol–water partition coefficient (Wildman–Crippen LogP) is 2.10. The molecular formula is C10H11BrFNO2. The molecule has 0 heterocycles. The first-order valence-electron chi connectivity index (χ1n) is 4.47. The summed E-state index contributed by atoms with van der Waals surface area (Å²) in [6.45, 7) is 2.26. The van der Waals surface area contributed by atoms with Crippen molar-refractivity contribution >= 4 is 21.8 Å². The number of halogens is 2. The topological polar surface area (TPSA) is 38.3 Å². The SMILES string of the molecule is CCNC(=O)COc1cc(F)cc(Br)c1. The van der Waals surface area contributed by atoms with Gasteiger partial charge in [-0.25, -0.2) is 4.39 Å². The Morgan fingerprint density at radius 1 is 1.53 bits per heavy atom. The second-order valence-corrected chi connectivity index (χ2v) is 3.76. The molecule has 0 atom stereocenters. The van der Waals surface area contributed by atoms with E-state index in [9.17, 15) is 9.18 Å². The first-order valence-corrected chi connectivity index (χ1v) is 5.26. The molecule has 1 amide bonds. The molecule has 0 unspecified atom stereocenters. The van der Waals surface area contributed by atoms with Crippen molar-refractivity contribution in [3.63, 3.8) is 0 Å². The van der Waals surface area contributed by atoms with Crippen molar-refractivity contribution in [1.82, 2.24) is 5.32 Å². The summed E-state index contributed by atoms with van der Waals surface area (Å²) in [7, 11) is 0. The number of rotatable bonds is 4. The first kappa shape index (κ1) is 12.0. The number of carbonyl (C=O) groups excluding carboxylic acids is 1. The maximum absolute atomic E-state index is 12.9. The molecule has 0 bridgehead atoms. The molecular weight excluding hydrogens is 265 g/mol. The molecule has 0 saturated heterocycles. The fourth-order valence-corrected chi connectivity index (χ4v) is 1.45. The third-order valence-electron chi connectivity index (χ3n) is 1.58. The van der Waals surface area contributed by atoms with Gasteiger partial charge < -0.3 is 10.1 Å². The zero-order chi connectivity index (χ0) is 11.3. The van der Waals surface area contributed by atoms with E-state index in [1.807, 2.05) is 6.92 Å². The van der Waals surface area contributed by atoms with Crippen molar-refractivity contribution in [2.24, 2.45) is 0 Å². The van der Waals surface area contributed by atoms with Crippen molar-refractivity contribution in [3.8, 4) is 5.75 Å². The molecule has 3 nitrogen and oxygen atoms in total. The molecule has 5 heteroatoms. The number of hydrogen-bond donors (Lipinski definition) is 1. The highest BCUT2D eigenvalue weighted by molar-refractivity contribution is 9.10. The number of amides is 1. The zero-order valence-electron chi connectivity index (χ0n) is 8.22. The number of carbonyl (C=O) groups is 1. The largest absolute Gasteiger partial charge is 0.484 e. The van der Waals surface area contributed by atoms with Crippen LogP contribution in [0.1, 0.15) is 6.92 Å². The predicted molar refractivity (Wildman–Crippen MR) is 58.3 cm³/mol. The van der Waals surface area contributed by atoms with Gasteiger partial charge in [0.2, 0.25) is 0 Å². The van der Waals surface area contributed by atoms with Gasteiger partial charge >= 0.3 is 0 Å². The van der Waals surface area contributed by atoms with Crippen molar-refractivity contribution in [1.29, 1.82) is 0 Å². The van der Waals surface area contributed by atoms with E-state index >= 15 is 0 Å². The summed E-state index contributed by atoms with van der Waals surface area (Å²) in [4.78, 5) is 11.0. The number of ether oxygens (including phenoxy) is 1. The molecule has 0 aliphatic rings. The van der Waals surface area contributed by atoms with E-state index in [1.165, 1.54) is 12.1 Å². The molecule has 15 heavy (non-hydrogen) atoms. The van der Waals surface area contributed by atoms with Crippen LogP contribution in [0, 0.1) is 5.82 Å². The maximum Gasteiger partial charge on any atom is 0.257 e. The lowest BCUT2D eigenvalue weighted by molar-refractivity contribution is -0.122. The van der Waals surface area contributed by atoms with E-state index in [0.717, 1.165) is 0 Å². The van der Waals surface area contributed by atoms with E-state index in [2.05, 4.69) is 21.2 Å². The number of nitrogens with one attached hydrogen (secondary N) is 1. The summed E-state index contributed by atoms with van der Waals surface area (Å²) >= 11 is 3.13. The Bertz CT molecular complexity index is 337. The van der Waals surface area contributed by atoms with E-state index in [4.69, 9.17) is 4.74 Å². The van der Waals surface area contributed by atoms with Gasteiger partial charge in [-0.1, -0.05) is 15.9 Å². The second kappa shape index (κ2) is 5.70. The third-order valence-corrected chi connectivity index (χ3v) is 2.04. The fourth-order valence-electron chi connectivity index (χ4n) is 1.01. The Morgan fingerprint density at radius 2 is 2.27 bits per heavy atom. The van der Waals surface area contributed by atoms with Gasteiger partial charge in [0.25, 0.3) is 5.91 Å². The lowest BCUT2D eigenvalue weighted by atomic mass is 10.3. The van der Waals surface area contributed by atoms with Crippen LogP contribution >= 0.6 is 15.9 Å². The summed E-state index contributed by atoms with van der Waals surface area (Å²) < 4.78 is 18.6. The second-order valence-electron chi connectivity index (χ2n) is 2.85. The Hall–Kier alpha value is -1.10. The van der Waals surface area contributed by atoms with Crippen molar-refractivity contribution in [2.75, 3.05) is 13.2 Å². The molecule has 1 N–H and O–H groups in total. The van der Waals surface area contributed by atoms with Crippen LogP contribution < -0.4 is 10.1 Å². The summed E-state index contributed by atoms with van der Waals surface area (Å²) in [5, 5.41) is 2.58. The minimum atomic E-state index is -0.407. The Labute approximate surface area is 95.7 Å².